The summed E-state index contributed by atoms with van der Waals surface area (Å²) in [7, 11) is 1.68. The molecule has 4 nitrogen and oxygen atoms in total. The van der Waals surface area contributed by atoms with Crippen molar-refractivity contribution in [2.45, 2.75) is 46.2 Å². The van der Waals surface area contributed by atoms with E-state index in [4.69, 9.17) is 4.74 Å². The van der Waals surface area contributed by atoms with Gasteiger partial charge in [0.1, 0.15) is 11.6 Å². The fourth-order valence-corrected chi connectivity index (χ4v) is 4.56. The van der Waals surface area contributed by atoms with Crippen LogP contribution in [0.25, 0.3) is 0 Å². The number of methoxy groups -OCH3 is 1. The summed E-state index contributed by atoms with van der Waals surface area (Å²) in [5, 5.41) is 0. The molecule has 1 aliphatic heterocycles. The van der Waals surface area contributed by atoms with Gasteiger partial charge in [-0.3, -0.25) is 9.69 Å². The van der Waals surface area contributed by atoms with Gasteiger partial charge in [0, 0.05) is 44.1 Å². The van der Waals surface area contributed by atoms with Gasteiger partial charge in [-0.1, -0.05) is 38.1 Å². The molecule has 31 heavy (non-hydrogen) atoms. The average molecular weight is 427 g/mol. The number of rotatable bonds is 8. The molecule has 1 aliphatic rings. The highest BCUT2D eigenvalue weighted by Gasteiger charge is 2.36. The maximum atomic E-state index is 14.0. The summed E-state index contributed by atoms with van der Waals surface area (Å²) in [5.41, 5.74) is 2.20. The molecule has 168 valence electrons. The van der Waals surface area contributed by atoms with Crippen molar-refractivity contribution in [3.63, 3.8) is 0 Å². The van der Waals surface area contributed by atoms with Crippen molar-refractivity contribution in [1.29, 1.82) is 0 Å². The van der Waals surface area contributed by atoms with E-state index in [0.717, 1.165) is 30.9 Å². The van der Waals surface area contributed by atoms with Gasteiger partial charge < -0.3 is 9.64 Å². The first kappa shape index (κ1) is 23.3. The van der Waals surface area contributed by atoms with Gasteiger partial charge in [-0.05, 0) is 55.2 Å². The molecule has 0 aliphatic carbocycles. The Hall–Kier alpha value is -2.40. The molecule has 0 bridgehead atoms. The van der Waals surface area contributed by atoms with Gasteiger partial charge >= 0.3 is 0 Å². The van der Waals surface area contributed by atoms with Crippen molar-refractivity contribution in [2.24, 2.45) is 11.8 Å². The molecule has 0 saturated carbocycles. The van der Waals surface area contributed by atoms with Crippen molar-refractivity contribution in [3.05, 3.63) is 65.5 Å². The number of halogens is 1. The average Bonchev–Trinajstić information content (AvgIpc) is 3.13. The molecule has 0 aromatic heterocycles. The van der Waals surface area contributed by atoms with E-state index in [1.165, 1.54) is 11.6 Å². The fraction of sp³-hybridized carbons (Fsp3) is 0.500. The summed E-state index contributed by atoms with van der Waals surface area (Å²) >= 11 is 0. The Morgan fingerprint density at radius 1 is 1.13 bits per heavy atom. The second-order valence-corrected chi connectivity index (χ2v) is 9.21. The normalized spacial score (nSPS) is 19.2. The Labute approximate surface area is 186 Å². The third-order valence-electron chi connectivity index (χ3n) is 6.17. The quantitative estimate of drug-likeness (QED) is 0.599. The number of amides is 1. The van der Waals surface area contributed by atoms with Crippen molar-refractivity contribution in [3.8, 4) is 5.75 Å². The van der Waals surface area contributed by atoms with Crippen molar-refractivity contribution < 1.29 is 13.9 Å². The van der Waals surface area contributed by atoms with E-state index in [2.05, 4.69) is 30.9 Å². The second kappa shape index (κ2) is 10.3. The van der Waals surface area contributed by atoms with E-state index >= 15 is 0 Å². The van der Waals surface area contributed by atoms with Gasteiger partial charge in [0.25, 0.3) is 0 Å². The first-order valence-electron chi connectivity index (χ1n) is 11.2. The predicted octanol–water partition coefficient (Wildman–Crippen LogP) is 4.94. The monoisotopic (exact) mass is 426 g/mol. The van der Waals surface area contributed by atoms with E-state index in [1.54, 1.807) is 19.2 Å². The molecule has 1 amide bonds. The van der Waals surface area contributed by atoms with Crippen molar-refractivity contribution in [1.82, 2.24) is 9.80 Å². The molecule has 0 N–H and O–H groups in total. The Morgan fingerprint density at radius 3 is 2.52 bits per heavy atom. The molecule has 2 atom stereocenters. The lowest BCUT2D eigenvalue weighted by molar-refractivity contribution is -0.136. The molecule has 2 aromatic carbocycles. The zero-order valence-corrected chi connectivity index (χ0v) is 19.3. The molecular formula is C26H35FN2O2. The number of carbonyl (C=O) groups is 1. The van der Waals surface area contributed by atoms with Gasteiger partial charge in [-0.2, -0.15) is 0 Å². The van der Waals surface area contributed by atoms with Crippen LogP contribution in [0.15, 0.2) is 48.5 Å². The number of hydrogen-bond acceptors (Lipinski definition) is 3. The molecular weight excluding hydrogens is 391 g/mol. The third kappa shape index (κ3) is 5.85. The SMILES string of the molecule is COc1cccc(CN2C[C@@H](CN(C(=O)C(C)C)C(C)C)[C@H](c3cccc(F)c3)C2)c1. The zero-order valence-electron chi connectivity index (χ0n) is 19.3. The second-order valence-electron chi connectivity index (χ2n) is 9.21. The standard InChI is InChI=1S/C26H35FN2O2/c1-18(2)26(30)29(19(3)4)16-22-15-28(14-20-8-6-11-24(12-20)31-5)17-25(22)21-9-7-10-23(27)13-21/h6-13,18-19,22,25H,14-17H2,1-5H3/t22-,25-/m0/s1. The van der Waals surface area contributed by atoms with Gasteiger partial charge in [-0.15, -0.1) is 0 Å². The number of carbonyl (C=O) groups excluding carboxylic acids is 1. The topological polar surface area (TPSA) is 32.8 Å². The van der Waals surface area contributed by atoms with E-state index in [0.29, 0.717) is 6.54 Å². The van der Waals surface area contributed by atoms with Crippen LogP contribution in [0.4, 0.5) is 4.39 Å². The van der Waals surface area contributed by atoms with Crippen LogP contribution in [-0.4, -0.2) is 48.5 Å². The van der Waals surface area contributed by atoms with Crippen LogP contribution in [0.1, 0.15) is 44.7 Å². The Bertz CT molecular complexity index is 883. The first-order valence-corrected chi connectivity index (χ1v) is 11.2. The molecule has 0 unspecified atom stereocenters. The summed E-state index contributed by atoms with van der Waals surface area (Å²) in [6.45, 7) is 11.2. The summed E-state index contributed by atoms with van der Waals surface area (Å²) in [6, 6.07) is 15.2. The highest BCUT2D eigenvalue weighted by molar-refractivity contribution is 5.78. The smallest absolute Gasteiger partial charge is 0.225 e. The highest BCUT2D eigenvalue weighted by Crippen LogP contribution is 2.35. The lowest BCUT2D eigenvalue weighted by atomic mass is 9.88. The van der Waals surface area contributed by atoms with Gasteiger partial charge in [0.15, 0.2) is 0 Å². The maximum Gasteiger partial charge on any atom is 0.225 e. The minimum absolute atomic E-state index is 0.0377. The van der Waals surface area contributed by atoms with Crippen LogP contribution in [-0.2, 0) is 11.3 Å². The van der Waals surface area contributed by atoms with Crippen LogP contribution >= 0.6 is 0 Å². The number of benzene rings is 2. The zero-order chi connectivity index (χ0) is 22.5. The molecule has 2 aromatic rings. The number of hydrogen-bond donors (Lipinski definition) is 0. The summed E-state index contributed by atoms with van der Waals surface area (Å²) < 4.78 is 19.4. The predicted molar refractivity (Wildman–Crippen MR) is 123 cm³/mol. The van der Waals surface area contributed by atoms with Crippen LogP contribution in [0, 0.1) is 17.7 Å². The minimum atomic E-state index is -0.207. The Morgan fingerprint density at radius 2 is 1.87 bits per heavy atom. The number of ether oxygens (including phenoxy) is 1. The van der Waals surface area contributed by atoms with E-state index in [9.17, 15) is 9.18 Å². The van der Waals surface area contributed by atoms with Crippen LogP contribution in [0.5, 0.6) is 5.75 Å². The largest absolute Gasteiger partial charge is 0.497 e. The fourth-order valence-electron chi connectivity index (χ4n) is 4.56. The van der Waals surface area contributed by atoms with Crippen molar-refractivity contribution >= 4 is 5.91 Å². The maximum absolute atomic E-state index is 14.0. The number of nitrogens with zero attached hydrogens (tertiary/aromatic N) is 2. The summed E-state index contributed by atoms with van der Waals surface area (Å²) in [5.74, 6) is 1.22. The van der Waals surface area contributed by atoms with Crippen LogP contribution < -0.4 is 4.74 Å². The van der Waals surface area contributed by atoms with E-state index in [1.807, 2.05) is 36.9 Å². The van der Waals surface area contributed by atoms with E-state index < -0.39 is 0 Å². The molecule has 1 saturated heterocycles. The third-order valence-corrected chi connectivity index (χ3v) is 6.17. The van der Waals surface area contributed by atoms with Gasteiger partial charge in [0.2, 0.25) is 5.91 Å². The number of likely N-dealkylation sites (tertiary alicyclic amines) is 1. The lowest BCUT2D eigenvalue weighted by Crippen LogP contribution is -2.43. The Balaban J connectivity index is 1.83. The molecule has 0 spiro atoms. The van der Waals surface area contributed by atoms with Crippen LogP contribution in [0.3, 0.4) is 0 Å². The van der Waals surface area contributed by atoms with Crippen LogP contribution in [0.2, 0.25) is 0 Å². The lowest BCUT2D eigenvalue weighted by Gasteiger charge is -2.33. The van der Waals surface area contributed by atoms with Crippen molar-refractivity contribution in [2.75, 3.05) is 26.7 Å². The first-order chi connectivity index (χ1) is 14.8. The molecule has 3 rings (SSSR count). The van der Waals surface area contributed by atoms with Gasteiger partial charge in [0.05, 0.1) is 7.11 Å². The highest BCUT2D eigenvalue weighted by atomic mass is 19.1. The Kier molecular flexibility index (Phi) is 7.71. The molecule has 1 heterocycles. The minimum Gasteiger partial charge on any atom is -0.497 e. The van der Waals surface area contributed by atoms with E-state index in [-0.39, 0.29) is 35.5 Å². The molecule has 1 fully saturated rings. The van der Waals surface area contributed by atoms with Gasteiger partial charge in [-0.25, -0.2) is 4.39 Å². The summed E-state index contributed by atoms with van der Waals surface area (Å²) in [6.07, 6.45) is 0. The molecule has 5 heteroatoms. The summed E-state index contributed by atoms with van der Waals surface area (Å²) in [4.78, 5) is 17.3. The molecule has 0 radical (unpaired) electrons.